The number of halogens is 2. The summed E-state index contributed by atoms with van der Waals surface area (Å²) in [6, 6.07) is 19.4. The van der Waals surface area contributed by atoms with Crippen molar-refractivity contribution < 1.29 is 13.9 Å². The van der Waals surface area contributed by atoms with Crippen molar-refractivity contribution in [3.63, 3.8) is 0 Å². The Morgan fingerprint density at radius 1 is 1.00 bits per heavy atom. The third-order valence-electron chi connectivity index (χ3n) is 4.45. The van der Waals surface area contributed by atoms with Gasteiger partial charge in [0.2, 0.25) is 5.89 Å². The number of nitrogens with zero attached hydrogens (tertiary/aromatic N) is 1. The molecular weight excluding hydrogens is 423 g/mol. The molecule has 0 aliphatic heterocycles. The molecule has 0 spiro atoms. The van der Waals surface area contributed by atoms with Crippen LogP contribution in [0.2, 0.25) is 10.0 Å². The number of aromatic nitrogens is 1. The zero-order chi connectivity index (χ0) is 21.3. The second-order valence-electron chi connectivity index (χ2n) is 7.23. The Balaban J connectivity index is 1.53. The van der Waals surface area contributed by atoms with Gasteiger partial charge in [-0.1, -0.05) is 29.3 Å². The molecule has 0 fully saturated rings. The molecule has 0 aliphatic rings. The van der Waals surface area contributed by atoms with E-state index in [2.05, 4.69) is 10.3 Å². The van der Waals surface area contributed by atoms with Gasteiger partial charge in [-0.25, -0.2) is 4.98 Å². The van der Waals surface area contributed by atoms with Crippen LogP contribution in [-0.2, 0) is 4.79 Å². The molecule has 4 rings (SSSR count). The van der Waals surface area contributed by atoms with Crippen molar-refractivity contribution in [3.05, 3.63) is 76.8 Å². The zero-order valence-corrected chi connectivity index (χ0v) is 17.8. The topological polar surface area (TPSA) is 64.4 Å². The van der Waals surface area contributed by atoms with Crippen LogP contribution in [0, 0.1) is 0 Å². The molecule has 1 heterocycles. The Bertz CT molecular complexity index is 1220. The summed E-state index contributed by atoms with van der Waals surface area (Å²) in [5, 5.41) is 4.08. The second-order valence-corrected chi connectivity index (χ2v) is 8.11. The molecule has 4 aromatic rings. The molecule has 7 heteroatoms. The van der Waals surface area contributed by atoms with Gasteiger partial charge in [0.15, 0.2) is 11.2 Å². The van der Waals surface area contributed by atoms with Crippen molar-refractivity contribution in [1.29, 1.82) is 0 Å². The van der Waals surface area contributed by atoms with Crippen LogP contribution in [0.3, 0.4) is 0 Å². The number of nitrogens with one attached hydrogen (secondary N) is 1. The fourth-order valence-corrected chi connectivity index (χ4v) is 3.17. The lowest BCUT2D eigenvalue weighted by Crippen LogP contribution is -2.42. The van der Waals surface area contributed by atoms with Crippen molar-refractivity contribution in [2.24, 2.45) is 0 Å². The van der Waals surface area contributed by atoms with Crippen molar-refractivity contribution in [2.45, 2.75) is 19.4 Å². The Hall–Kier alpha value is -3.02. The van der Waals surface area contributed by atoms with Crippen LogP contribution in [0.15, 0.2) is 71.1 Å². The van der Waals surface area contributed by atoms with Gasteiger partial charge in [-0.15, -0.1) is 0 Å². The minimum atomic E-state index is -1.10. The zero-order valence-electron chi connectivity index (χ0n) is 16.3. The first kappa shape index (κ1) is 20.3. The predicted octanol–water partition coefficient (Wildman–Crippen LogP) is 6.60. The van der Waals surface area contributed by atoms with E-state index in [-0.39, 0.29) is 5.91 Å². The first-order valence-electron chi connectivity index (χ1n) is 9.23. The molecule has 0 saturated heterocycles. The molecule has 152 valence electrons. The van der Waals surface area contributed by atoms with Crippen LogP contribution in [-0.4, -0.2) is 16.5 Å². The quantitative estimate of drug-likeness (QED) is 0.379. The lowest BCUT2D eigenvalue weighted by atomic mass is 10.1. The number of carbonyl (C=O) groups excluding carboxylic acids is 1. The Labute approximate surface area is 183 Å². The van der Waals surface area contributed by atoms with E-state index in [1.807, 2.05) is 12.1 Å². The van der Waals surface area contributed by atoms with E-state index in [1.54, 1.807) is 68.4 Å². The van der Waals surface area contributed by atoms with Gasteiger partial charge in [0, 0.05) is 21.3 Å². The summed E-state index contributed by atoms with van der Waals surface area (Å²) in [4.78, 5) is 17.3. The number of rotatable bonds is 5. The molecule has 0 radical (unpaired) electrons. The van der Waals surface area contributed by atoms with E-state index in [1.165, 1.54) is 0 Å². The normalized spacial score (nSPS) is 11.5. The summed E-state index contributed by atoms with van der Waals surface area (Å²) in [5.41, 5.74) is 1.55. The number of hydrogen-bond donors (Lipinski definition) is 1. The number of fused-ring (bicyclic) bond motifs is 1. The molecule has 0 saturated carbocycles. The molecule has 0 bridgehead atoms. The summed E-state index contributed by atoms with van der Waals surface area (Å²) < 4.78 is 11.6. The molecule has 1 aromatic heterocycles. The average Bonchev–Trinajstić information content (AvgIpc) is 3.13. The van der Waals surface area contributed by atoms with E-state index in [0.717, 1.165) is 5.56 Å². The molecule has 0 unspecified atom stereocenters. The van der Waals surface area contributed by atoms with Crippen LogP contribution in [0.5, 0.6) is 5.75 Å². The highest BCUT2D eigenvalue weighted by Crippen LogP contribution is 2.28. The number of amides is 1. The van der Waals surface area contributed by atoms with Crippen LogP contribution in [0.25, 0.3) is 22.6 Å². The Kier molecular flexibility index (Phi) is 5.41. The van der Waals surface area contributed by atoms with Crippen LogP contribution < -0.4 is 10.1 Å². The number of benzene rings is 3. The van der Waals surface area contributed by atoms with Crippen molar-refractivity contribution in [1.82, 2.24) is 4.98 Å². The molecule has 0 atom stereocenters. The summed E-state index contributed by atoms with van der Waals surface area (Å²) in [7, 11) is 0. The van der Waals surface area contributed by atoms with Gasteiger partial charge in [0.1, 0.15) is 11.3 Å². The monoisotopic (exact) mass is 440 g/mol. The maximum atomic E-state index is 12.8. The first-order chi connectivity index (χ1) is 14.3. The highest BCUT2D eigenvalue weighted by Gasteiger charge is 2.30. The van der Waals surface area contributed by atoms with Gasteiger partial charge in [0.05, 0.1) is 0 Å². The minimum absolute atomic E-state index is 0.293. The standard InChI is InChI=1S/C23H18Cl2N2O3/c1-23(2,30-18-9-6-15(24)7-10-18)22(28)26-17-5-3-4-14(12-17)21-27-19-13-16(25)8-11-20(19)29-21/h3-13H,1-2H3,(H,26,28). The highest BCUT2D eigenvalue weighted by molar-refractivity contribution is 6.31. The Morgan fingerprint density at radius 3 is 2.50 bits per heavy atom. The minimum Gasteiger partial charge on any atom is -0.478 e. The summed E-state index contributed by atoms with van der Waals surface area (Å²) in [5.74, 6) is 0.706. The van der Waals surface area contributed by atoms with Gasteiger partial charge < -0.3 is 14.5 Å². The van der Waals surface area contributed by atoms with Crippen LogP contribution in [0.1, 0.15) is 13.8 Å². The largest absolute Gasteiger partial charge is 0.478 e. The maximum Gasteiger partial charge on any atom is 0.267 e. The predicted molar refractivity (Wildman–Crippen MR) is 119 cm³/mol. The highest BCUT2D eigenvalue weighted by atomic mass is 35.5. The maximum absolute atomic E-state index is 12.8. The Morgan fingerprint density at radius 2 is 1.73 bits per heavy atom. The lowest BCUT2D eigenvalue weighted by molar-refractivity contribution is -0.128. The molecule has 0 aliphatic carbocycles. The van der Waals surface area contributed by atoms with E-state index in [0.29, 0.717) is 38.5 Å². The SMILES string of the molecule is CC(C)(Oc1ccc(Cl)cc1)C(=O)Nc1cccc(-c2nc3cc(Cl)ccc3o2)c1. The number of oxazole rings is 1. The van der Waals surface area contributed by atoms with Crippen molar-refractivity contribution in [2.75, 3.05) is 5.32 Å². The number of anilines is 1. The summed E-state index contributed by atoms with van der Waals surface area (Å²) in [6.07, 6.45) is 0. The van der Waals surface area contributed by atoms with Crippen molar-refractivity contribution >= 4 is 45.9 Å². The van der Waals surface area contributed by atoms with E-state index in [9.17, 15) is 4.79 Å². The summed E-state index contributed by atoms with van der Waals surface area (Å²) in [6.45, 7) is 3.40. The van der Waals surface area contributed by atoms with Gasteiger partial charge in [-0.2, -0.15) is 0 Å². The lowest BCUT2D eigenvalue weighted by Gasteiger charge is -2.25. The van der Waals surface area contributed by atoms with E-state index in [4.69, 9.17) is 32.4 Å². The van der Waals surface area contributed by atoms with E-state index < -0.39 is 5.60 Å². The number of ether oxygens (including phenoxy) is 1. The molecule has 30 heavy (non-hydrogen) atoms. The molecule has 1 N–H and O–H groups in total. The van der Waals surface area contributed by atoms with Gasteiger partial charge >= 0.3 is 0 Å². The molecule has 5 nitrogen and oxygen atoms in total. The van der Waals surface area contributed by atoms with Gasteiger partial charge in [-0.05, 0) is 74.5 Å². The summed E-state index contributed by atoms with van der Waals surface area (Å²) >= 11 is 11.9. The van der Waals surface area contributed by atoms with Crippen LogP contribution >= 0.6 is 23.2 Å². The average molecular weight is 441 g/mol. The third kappa shape index (κ3) is 4.42. The van der Waals surface area contributed by atoms with Gasteiger partial charge in [-0.3, -0.25) is 4.79 Å². The second kappa shape index (κ2) is 8.01. The molecular formula is C23H18Cl2N2O3. The smallest absolute Gasteiger partial charge is 0.267 e. The number of carbonyl (C=O) groups is 1. The third-order valence-corrected chi connectivity index (χ3v) is 4.94. The number of hydrogen-bond acceptors (Lipinski definition) is 4. The van der Waals surface area contributed by atoms with Crippen LogP contribution in [0.4, 0.5) is 5.69 Å². The molecule has 3 aromatic carbocycles. The van der Waals surface area contributed by atoms with E-state index >= 15 is 0 Å². The fourth-order valence-electron chi connectivity index (χ4n) is 2.88. The fraction of sp³-hybridized carbons (Fsp3) is 0.130. The van der Waals surface area contributed by atoms with Gasteiger partial charge in [0.25, 0.3) is 5.91 Å². The first-order valence-corrected chi connectivity index (χ1v) is 9.98. The molecule has 1 amide bonds. The van der Waals surface area contributed by atoms with Crippen molar-refractivity contribution in [3.8, 4) is 17.2 Å².